The standard InChI is InChI=1S/C16H22N6O2/c1-11-7-14(20-19-11)16(24)22-5-3-12(4-6-22)10-21(2)15(23)13-8-17-18-9-13/h7-9,12H,3-6,10H2,1-2H3,(H,17,18)(H,19,20). The van der Waals surface area contributed by atoms with Gasteiger partial charge in [-0.3, -0.25) is 19.8 Å². The molecule has 2 N–H and O–H groups in total. The first-order chi connectivity index (χ1) is 11.5. The van der Waals surface area contributed by atoms with Crippen molar-refractivity contribution in [3.63, 3.8) is 0 Å². The highest BCUT2D eigenvalue weighted by molar-refractivity contribution is 5.93. The first-order valence-corrected chi connectivity index (χ1v) is 8.10. The van der Waals surface area contributed by atoms with Crippen molar-refractivity contribution in [3.8, 4) is 0 Å². The molecule has 0 saturated carbocycles. The van der Waals surface area contributed by atoms with Crippen molar-refractivity contribution < 1.29 is 9.59 Å². The van der Waals surface area contributed by atoms with E-state index in [9.17, 15) is 9.59 Å². The SMILES string of the molecule is Cc1cc(C(=O)N2CCC(CN(C)C(=O)c3cn[nH]c3)CC2)n[nH]1. The number of carbonyl (C=O) groups is 2. The zero-order chi connectivity index (χ0) is 17.1. The molecule has 3 heterocycles. The molecule has 1 saturated heterocycles. The predicted molar refractivity (Wildman–Crippen MR) is 87.5 cm³/mol. The van der Waals surface area contributed by atoms with Gasteiger partial charge >= 0.3 is 0 Å². The highest BCUT2D eigenvalue weighted by Crippen LogP contribution is 2.20. The molecule has 0 atom stereocenters. The molecular formula is C16H22N6O2. The van der Waals surface area contributed by atoms with Crippen LogP contribution in [0.2, 0.25) is 0 Å². The average molecular weight is 330 g/mol. The summed E-state index contributed by atoms with van der Waals surface area (Å²) < 4.78 is 0. The molecule has 128 valence electrons. The summed E-state index contributed by atoms with van der Waals surface area (Å²) in [6.07, 6.45) is 4.91. The van der Waals surface area contributed by atoms with Gasteiger partial charge in [0.15, 0.2) is 0 Å². The summed E-state index contributed by atoms with van der Waals surface area (Å²) in [5.41, 5.74) is 1.92. The van der Waals surface area contributed by atoms with Gasteiger partial charge in [0.25, 0.3) is 11.8 Å². The lowest BCUT2D eigenvalue weighted by atomic mass is 9.96. The lowest BCUT2D eigenvalue weighted by Gasteiger charge is -2.33. The normalized spacial score (nSPS) is 15.5. The van der Waals surface area contributed by atoms with Crippen LogP contribution in [-0.4, -0.2) is 68.7 Å². The molecule has 0 spiro atoms. The third-order valence-electron chi connectivity index (χ3n) is 4.45. The zero-order valence-electron chi connectivity index (χ0n) is 14.0. The van der Waals surface area contributed by atoms with Crippen molar-refractivity contribution in [2.75, 3.05) is 26.7 Å². The number of piperidine rings is 1. The van der Waals surface area contributed by atoms with Gasteiger partial charge < -0.3 is 9.80 Å². The van der Waals surface area contributed by atoms with E-state index in [1.807, 2.05) is 11.8 Å². The van der Waals surface area contributed by atoms with E-state index in [0.717, 1.165) is 18.5 Å². The Balaban J connectivity index is 1.50. The Labute approximate surface area is 140 Å². The fourth-order valence-electron chi connectivity index (χ4n) is 3.07. The summed E-state index contributed by atoms with van der Waals surface area (Å²) in [5.74, 6) is 0.339. The van der Waals surface area contributed by atoms with Gasteiger partial charge in [0.2, 0.25) is 0 Å². The first-order valence-electron chi connectivity index (χ1n) is 8.10. The summed E-state index contributed by atoms with van der Waals surface area (Å²) in [6.45, 7) is 3.96. The Hall–Kier alpha value is -2.64. The van der Waals surface area contributed by atoms with Crippen LogP contribution in [0.25, 0.3) is 0 Å². The highest BCUT2D eigenvalue weighted by Gasteiger charge is 2.26. The first kappa shape index (κ1) is 16.2. The van der Waals surface area contributed by atoms with Crippen molar-refractivity contribution in [1.29, 1.82) is 0 Å². The second-order valence-electron chi connectivity index (χ2n) is 6.34. The number of nitrogens with one attached hydrogen (secondary N) is 2. The van der Waals surface area contributed by atoms with Crippen LogP contribution in [0.1, 0.15) is 39.4 Å². The minimum absolute atomic E-state index is 0.0272. The van der Waals surface area contributed by atoms with Gasteiger partial charge in [-0.25, -0.2) is 0 Å². The van der Waals surface area contributed by atoms with Crippen molar-refractivity contribution in [3.05, 3.63) is 35.4 Å². The molecule has 1 aliphatic rings. The molecule has 1 aliphatic heterocycles. The van der Waals surface area contributed by atoms with Crippen LogP contribution < -0.4 is 0 Å². The summed E-state index contributed by atoms with van der Waals surface area (Å²) in [4.78, 5) is 28.2. The molecule has 1 fully saturated rings. The van der Waals surface area contributed by atoms with Crippen LogP contribution in [0.15, 0.2) is 18.5 Å². The van der Waals surface area contributed by atoms with E-state index in [0.29, 0.717) is 36.8 Å². The van der Waals surface area contributed by atoms with Crippen LogP contribution in [0, 0.1) is 12.8 Å². The number of H-pyrrole nitrogens is 2. The van der Waals surface area contributed by atoms with Crippen LogP contribution >= 0.6 is 0 Å². The van der Waals surface area contributed by atoms with E-state index in [4.69, 9.17) is 0 Å². The fraction of sp³-hybridized carbons (Fsp3) is 0.500. The summed E-state index contributed by atoms with van der Waals surface area (Å²) >= 11 is 0. The van der Waals surface area contributed by atoms with Gasteiger partial charge in [-0.15, -0.1) is 0 Å². The number of carbonyl (C=O) groups excluding carboxylic acids is 2. The Bertz CT molecular complexity index is 700. The van der Waals surface area contributed by atoms with Gasteiger partial charge in [0, 0.05) is 38.6 Å². The number of aryl methyl sites for hydroxylation is 1. The van der Waals surface area contributed by atoms with Crippen molar-refractivity contribution in [2.24, 2.45) is 5.92 Å². The molecule has 2 aromatic rings. The number of amides is 2. The Morgan fingerprint density at radius 1 is 1.38 bits per heavy atom. The molecule has 0 aromatic carbocycles. The maximum absolute atomic E-state index is 12.4. The largest absolute Gasteiger partial charge is 0.341 e. The maximum atomic E-state index is 12.4. The number of aromatic nitrogens is 4. The van der Waals surface area contributed by atoms with E-state index in [-0.39, 0.29) is 11.8 Å². The fourth-order valence-corrected chi connectivity index (χ4v) is 3.07. The Morgan fingerprint density at radius 3 is 2.71 bits per heavy atom. The molecule has 0 unspecified atom stereocenters. The van der Waals surface area contributed by atoms with Gasteiger partial charge in [0.1, 0.15) is 5.69 Å². The molecule has 2 aromatic heterocycles. The summed E-state index contributed by atoms with van der Waals surface area (Å²) in [6, 6.07) is 1.77. The van der Waals surface area contributed by atoms with Crippen LogP contribution in [-0.2, 0) is 0 Å². The average Bonchev–Trinajstić information content (AvgIpc) is 3.25. The molecule has 8 heteroatoms. The third-order valence-corrected chi connectivity index (χ3v) is 4.45. The number of rotatable bonds is 4. The lowest BCUT2D eigenvalue weighted by Crippen LogP contribution is -2.42. The number of likely N-dealkylation sites (tertiary alicyclic amines) is 1. The van der Waals surface area contributed by atoms with Gasteiger partial charge in [-0.05, 0) is 31.7 Å². The smallest absolute Gasteiger partial charge is 0.274 e. The minimum Gasteiger partial charge on any atom is -0.341 e. The topological polar surface area (TPSA) is 98.0 Å². The summed E-state index contributed by atoms with van der Waals surface area (Å²) in [5, 5.41) is 13.3. The van der Waals surface area contributed by atoms with Crippen molar-refractivity contribution >= 4 is 11.8 Å². The van der Waals surface area contributed by atoms with Gasteiger partial charge in [0.05, 0.1) is 11.8 Å². The molecule has 0 aliphatic carbocycles. The van der Waals surface area contributed by atoms with E-state index in [2.05, 4.69) is 20.4 Å². The van der Waals surface area contributed by atoms with Crippen molar-refractivity contribution in [2.45, 2.75) is 19.8 Å². The van der Waals surface area contributed by atoms with Crippen LogP contribution in [0.5, 0.6) is 0 Å². The van der Waals surface area contributed by atoms with Gasteiger partial charge in [-0.1, -0.05) is 0 Å². The monoisotopic (exact) mass is 330 g/mol. The molecule has 0 bridgehead atoms. The van der Waals surface area contributed by atoms with Gasteiger partial charge in [-0.2, -0.15) is 10.2 Å². The Kier molecular flexibility index (Phi) is 4.64. The van der Waals surface area contributed by atoms with E-state index < -0.39 is 0 Å². The molecule has 3 rings (SSSR count). The molecule has 2 amide bonds. The Morgan fingerprint density at radius 2 is 2.12 bits per heavy atom. The molecule has 24 heavy (non-hydrogen) atoms. The molecule has 0 radical (unpaired) electrons. The minimum atomic E-state index is -0.0331. The van der Waals surface area contributed by atoms with E-state index >= 15 is 0 Å². The summed E-state index contributed by atoms with van der Waals surface area (Å²) in [7, 11) is 1.80. The third kappa shape index (κ3) is 3.47. The second kappa shape index (κ2) is 6.86. The highest BCUT2D eigenvalue weighted by atomic mass is 16.2. The predicted octanol–water partition coefficient (Wildman–Crippen LogP) is 1.07. The number of hydrogen-bond acceptors (Lipinski definition) is 4. The van der Waals surface area contributed by atoms with Crippen LogP contribution in [0.3, 0.4) is 0 Å². The second-order valence-corrected chi connectivity index (χ2v) is 6.34. The lowest BCUT2D eigenvalue weighted by molar-refractivity contribution is 0.0630. The van der Waals surface area contributed by atoms with E-state index in [1.165, 1.54) is 6.20 Å². The quantitative estimate of drug-likeness (QED) is 0.876. The molecular weight excluding hydrogens is 308 g/mol. The zero-order valence-corrected chi connectivity index (χ0v) is 14.0. The number of nitrogens with zero attached hydrogens (tertiary/aromatic N) is 4. The van der Waals surface area contributed by atoms with Crippen molar-refractivity contribution in [1.82, 2.24) is 30.2 Å². The molecule has 8 nitrogen and oxygen atoms in total. The maximum Gasteiger partial charge on any atom is 0.274 e. The van der Waals surface area contributed by atoms with E-state index in [1.54, 1.807) is 24.2 Å². The van der Waals surface area contributed by atoms with Crippen LogP contribution in [0.4, 0.5) is 0 Å². The number of hydrogen-bond donors (Lipinski definition) is 2. The number of aromatic amines is 2.